The summed E-state index contributed by atoms with van der Waals surface area (Å²) in [4.78, 5) is 11.7. The Labute approximate surface area is 133 Å². The van der Waals surface area contributed by atoms with Crippen molar-refractivity contribution in [1.82, 2.24) is 0 Å². The molecule has 2 aromatic carbocycles. The summed E-state index contributed by atoms with van der Waals surface area (Å²) >= 11 is 10.3. The van der Waals surface area contributed by atoms with E-state index in [1.807, 2.05) is 0 Å². The summed E-state index contributed by atoms with van der Waals surface area (Å²) in [6.07, 6.45) is 0. The molecule has 2 nitrogen and oxygen atoms in total. The molecule has 0 unspecified atom stereocenters. The van der Waals surface area contributed by atoms with Crippen molar-refractivity contribution in [2.75, 3.05) is 0 Å². The average Bonchev–Trinajstić information content (AvgIpc) is 2.37. The largest absolute Gasteiger partial charge is 0.478 e. The van der Waals surface area contributed by atoms with E-state index in [2.05, 4.69) is 15.9 Å². The van der Waals surface area contributed by atoms with Crippen molar-refractivity contribution >= 4 is 45.3 Å². The fourth-order valence-electron chi connectivity index (χ4n) is 1.59. The van der Waals surface area contributed by atoms with Crippen LogP contribution in [0.5, 0.6) is 0 Å². The van der Waals surface area contributed by atoms with Gasteiger partial charge in [0.1, 0.15) is 5.82 Å². The van der Waals surface area contributed by atoms with Crippen LogP contribution in [0, 0.1) is 5.82 Å². The molecular formula is C14H9BrClFO2S. The molecule has 1 N–H and O–H groups in total. The minimum atomic E-state index is -1.00. The summed E-state index contributed by atoms with van der Waals surface area (Å²) in [6.45, 7) is 0. The van der Waals surface area contributed by atoms with Crippen molar-refractivity contribution in [1.29, 1.82) is 0 Å². The molecule has 0 heterocycles. The molecule has 0 amide bonds. The zero-order valence-corrected chi connectivity index (χ0v) is 13.2. The standard InChI is InChI=1S/C14H9BrClFO2S/c15-9-2-4-11(14(18)19)13(5-9)20-7-8-1-3-10(16)6-12(8)17/h1-6H,7H2,(H,18,19). The van der Waals surface area contributed by atoms with Crippen LogP contribution >= 0.6 is 39.3 Å². The van der Waals surface area contributed by atoms with Crippen molar-refractivity contribution < 1.29 is 14.3 Å². The third-order valence-corrected chi connectivity index (χ3v) is 4.40. The first kappa shape index (κ1) is 15.4. The summed E-state index contributed by atoms with van der Waals surface area (Å²) in [5.74, 6) is -1.06. The molecule has 0 aliphatic rings. The van der Waals surface area contributed by atoms with Gasteiger partial charge in [0.25, 0.3) is 0 Å². The van der Waals surface area contributed by atoms with Crippen molar-refractivity contribution in [2.45, 2.75) is 10.6 Å². The SMILES string of the molecule is O=C(O)c1ccc(Br)cc1SCc1ccc(Cl)cc1F. The lowest BCUT2D eigenvalue weighted by atomic mass is 10.2. The monoisotopic (exact) mass is 374 g/mol. The van der Waals surface area contributed by atoms with Crippen molar-refractivity contribution in [3.8, 4) is 0 Å². The van der Waals surface area contributed by atoms with E-state index in [-0.39, 0.29) is 5.56 Å². The fourth-order valence-corrected chi connectivity index (χ4v) is 3.32. The van der Waals surface area contributed by atoms with Crippen LogP contribution in [0.2, 0.25) is 5.02 Å². The second-order valence-corrected chi connectivity index (χ2v) is 6.34. The number of hydrogen-bond acceptors (Lipinski definition) is 2. The maximum Gasteiger partial charge on any atom is 0.336 e. The smallest absolute Gasteiger partial charge is 0.336 e. The topological polar surface area (TPSA) is 37.3 Å². The quantitative estimate of drug-likeness (QED) is 0.743. The molecular weight excluding hydrogens is 367 g/mol. The van der Waals surface area contributed by atoms with Crippen LogP contribution in [-0.2, 0) is 5.75 Å². The Morgan fingerprint density at radius 3 is 2.70 bits per heavy atom. The van der Waals surface area contributed by atoms with Crippen LogP contribution in [0.3, 0.4) is 0 Å². The lowest BCUT2D eigenvalue weighted by Gasteiger charge is -2.07. The van der Waals surface area contributed by atoms with Gasteiger partial charge in [-0.3, -0.25) is 0 Å². The molecule has 2 rings (SSSR count). The third-order valence-electron chi connectivity index (χ3n) is 2.57. The van der Waals surface area contributed by atoms with Gasteiger partial charge in [-0.15, -0.1) is 11.8 Å². The number of aromatic carboxylic acids is 1. The molecule has 104 valence electrons. The van der Waals surface area contributed by atoms with E-state index < -0.39 is 11.8 Å². The van der Waals surface area contributed by atoms with Crippen LogP contribution in [0.1, 0.15) is 15.9 Å². The number of carbonyl (C=O) groups is 1. The van der Waals surface area contributed by atoms with Crippen molar-refractivity contribution in [3.63, 3.8) is 0 Å². The molecule has 0 saturated heterocycles. The molecule has 6 heteroatoms. The predicted octanol–water partition coefficient (Wildman–Crippen LogP) is 5.23. The number of benzene rings is 2. The maximum atomic E-state index is 13.7. The highest BCUT2D eigenvalue weighted by molar-refractivity contribution is 9.10. The van der Waals surface area contributed by atoms with E-state index in [0.717, 1.165) is 4.47 Å². The maximum absolute atomic E-state index is 13.7. The fraction of sp³-hybridized carbons (Fsp3) is 0.0714. The lowest BCUT2D eigenvalue weighted by Crippen LogP contribution is -1.99. The molecule has 0 atom stereocenters. The lowest BCUT2D eigenvalue weighted by molar-refractivity contribution is 0.0693. The number of thioether (sulfide) groups is 1. The Morgan fingerprint density at radius 1 is 1.30 bits per heavy atom. The average molecular weight is 376 g/mol. The molecule has 0 spiro atoms. The Bertz CT molecular complexity index is 664. The molecule has 0 bridgehead atoms. The third kappa shape index (κ3) is 3.75. The van der Waals surface area contributed by atoms with Crippen molar-refractivity contribution in [3.05, 3.63) is 62.8 Å². The van der Waals surface area contributed by atoms with E-state index >= 15 is 0 Å². The van der Waals surface area contributed by atoms with Crippen LogP contribution in [-0.4, -0.2) is 11.1 Å². The van der Waals surface area contributed by atoms with Gasteiger partial charge in [0, 0.05) is 20.1 Å². The highest BCUT2D eigenvalue weighted by Crippen LogP contribution is 2.30. The van der Waals surface area contributed by atoms with Crippen molar-refractivity contribution in [2.24, 2.45) is 0 Å². The zero-order chi connectivity index (χ0) is 14.7. The molecule has 0 aliphatic heterocycles. The van der Waals surface area contributed by atoms with E-state index in [0.29, 0.717) is 21.2 Å². The van der Waals surface area contributed by atoms with Crippen LogP contribution in [0.4, 0.5) is 4.39 Å². The van der Waals surface area contributed by atoms with Gasteiger partial charge in [-0.1, -0.05) is 33.6 Å². The number of hydrogen-bond donors (Lipinski definition) is 1. The van der Waals surface area contributed by atoms with Gasteiger partial charge in [0.2, 0.25) is 0 Å². The molecule has 0 aliphatic carbocycles. The molecule has 0 saturated carbocycles. The van der Waals surface area contributed by atoms with E-state index in [1.54, 1.807) is 24.3 Å². The summed E-state index contributed by atoms with van der Waals surface area (Å²) < 4.78 is 14.4. The number of rotatable bonds is 4. The first-order valence-electron chi connectivity index (χ1n) is 5.57. The van der Waals surface area contributed by atoms with Gasteiger partial charge in [0.15, 0.2) is 0 Å². The minimum absolute atomic E-state index is 0.201. The Hall–Kier alpha value is -1.04. The van der Waals surface area contributed by atoms with Gasteiger partial charge >= 0.3 is 5.97 Å². The van der Waals surface area contributed by atoms with Crippen LogP contribution < -0.4 is 0 Å². The van der Waals surface area contributed by atoms with Gasteiger partial charge < -0.3 is 5.11 Å². The second kappa shape index (κ2) is 6.61. The summed E-state index contributed by atoms with van der Waals surface area (Å²) in [7, 11) is 0. The normalized spacial score (nSPS) is 10.6. The molecule has 20 heavy (non-hydrogen) atoms. The summed E-state index contributed by atoms with van der Waals surface area (Å²) in [5, 5.41) is 9.46. The molecule has 0 radical (unpaired) electrons. The molecule has 2 aromatic rings. The summed E-state index contributed by atoms with van der Waals surface area (Å²) in [5.41, 5.74) is 0.684. The molecule has 0 fully saturated rings. The first-order valence-corrected chi connectivity index (χ1v) is 7.72. The predicted molar refractivity (Wildman–Crippen MR) is 82.1 cm³/mol. The van der Waals surface area contributed by atoms with Gasteiger partial charge in [0.05, 0.1) is 5.56 Å². The Morgan fingerprint density at radius 2 is 2.05 bits per heavy atom. The van der Waals surface area contributed by atoms with E-state index in [4.69, 9.17) is 16.7 Å². The van der Waals surface area contributed by atoms with Crippen LogP contribution in [0.25, 0.3) is 0 Å². The zero-order valence-electron chi connectivity index (χ0n) is 10.1. The Kier molecular flexibility index (Phi) is 5.07. The first-order chi connectivity index (χ1) is 9.47. The number of carboxylic acid groups (broad SMARTS) is 1. The van der Waals surface area contributed by atoms with Gasteiger partial charge in [-0.2, -0.15) is 0 Å². The van der Waals surface area contributed by atoms with Gasteiger partial charge in [-0.25, -0.2) is 9.18 Å². The number of carboxylic acids is 1. The highest BCUT2D eigenvalue weighted by Gasteiger charge is 2.12. The molecule has 0 aromatic heterocycles. The van der Waals surface area contributed by atoms with E-state index in [1.165, 1.54) is 23.9 Å². The number of halogens is 3. The minimum Gasteiger partial charge on any atom is -0.478 e. The summed E-state index contributed by atoms with van der Waals surface area (Å²) in [6, 6.07) is 9.35. The highest BCUT2D eigenvalue weighted by atomic mass is 79.9. The Balaban J connectivity index is 2.22. The second-order valence-electron chi connectivity index (χ2n) is 3.97. The van der Waals surface area contributed by atoms with Crippen LogP contribution in [0.15, 0.2) is 45.8 Å². The van der Waals surface area contributed by atoms with E-state index in [9.17, 15) is 9.18 Å². The van der Waals surface area contributed by atoms with Gasteiger partial charge in [-0.05, 0) is 35.9 Å².